The lowest BCUT2D eigenvalue weighted by atomic mass is 10.2. The van der Waals surface area contributed by atoms with Gasteiger partial charge in [-0.15, -0.1) is 0 Å². The fourth-order valence-corrected chi connectivity index (χ4v) is 3.40. The summed E-state index contributed by atoms with van der Waals surface area (Å²) in [6, 6.07) is 11.8. The van der Waals surface area contributed by atoms with Crippen molar-refractivity contribution in [3.63, 3.8) is 0 Å². The molecule has 0 unspecified atom stereocenters. The standard InChI is InChI=1S/C21H16BrN5O4/c1-11-9-13(7-8-16(11)22)26-19(29)15(18(28)25-21(26)31)10-23-27-12(2)24-17-6-4-3-5-14(17)20(27)30/h3-10,29H,1-2H3,(H,25,28,31). The minimum atomic E-state index is -0.837. The molecule has 4 rings (SSSR count). The Balaban J connectivity index is 1.88. The molecule has 10 heteroatoms. The van der Waals surface area contributed by atoms with Crippen LogP contribution >= 0.6 is 15.9 Å². The Kier molecular flexibility index (Phi) is 5.15. The lowest BCUT2D eigenvalue weighted by Crippen LogP contribution is -2.31. The van der Waals surface area contributed by atoms with Crippen molar-refractivity contribution in [2.45, 2.75) is 13.8 Å². The Morgan fingerprint density at radius 2 is 1.87 bits per heavy atom. The molecule has 0 spiro atoms. The number of nitrogens with zero attached hydrogens (tertiary/aromatic N) is 4. The van der Waals surface area contributed by atoms with Gasteiger partial charge in [-0.3, -0.25) is 14.6 Å². The molecule has 4 aromatic rings. The van der Waals surface area contributed by atoms with Crippen molar-refractivity contribution in [2.75, 3.05) is 0 Å². The van der Waals surface area contributed by atoms with E-state index in [2.05, 4.69) is 31.0 Å². The second-order valence-corrected chi connectivity index (χ2v) is 7.66. The van der Waals surface area contributed by atoms with Gasteiger partial charge >= 0.3 is 5.69 Å². The van der Waals surface area contributed by atoms with Crippen molar-refractivity contribution in [1.29, 1.82) is 0 Å². The van der Waals surface area contributed by atoms with Gasteiger partial charge in [0.1, 0.15) is 11.4 Å². The summed E-state index contributed by atoms with van der Waals surface area (Å²) in [5.74, 6) is -0.300. The quantitative estimate of drug-likeness (QED) is 0.434. The maximum Gasteiger partial charge on any atom is 0.335 e. The molecule has 9 nitrogen and oxygen atoms in total. The predicted octanol–water partition coefficient (Wildman–Crippen LogP) is 2.20. The molecule has 2 heterocycles. The maximum absolute atomic E-state index is 12.8. The van der Waals surface area contributed by atoms with E-state index in [4.69, 9.17) is 0 Å². The van der Waals surface area contributed by atoms with Crippen LogP contribution in [-0.2, 0) is 0 Å². The number of hydrogen-bond donors (Lipinski definition) is 2. The van der Waals surface area contributed by atoms with E-state index in [1.807, 2.05) is 6.92 Å². The smallest absolute Gasteiger partial charge is 0.335 e. The van der Waals surface area contributed by atoms with Gasteiger partial charge in [0.05, 0.1) is 22.8 Å². The van der Waals surface area contributed by atoms with Crippen LogP contribution in [-0.4, -0.2) is 30.5 Å². The fourth-order valence-electron chi connectivity index (χ4n) is 3.15. The first-order chi connectivity index (χ1) is 14.8. The van der Waals surface area contributed by atoms with Crippen LogP contribution in [0.25, 0.3) is 16.6 Å². The van der Waals surface area contributed by atoms with Gasteiger partial charge < -0.3 is 5.11 Å². The second-order valence-electron chi connectivity index (χ2n) is 6.80. The zero-order chi connectivity index (χ0) is 22.3. The van der Waals surface area contributed by atoms with Crippen molar-refractivity contribution < 1.29 is 5.11 Å². The molecule has 0 saturated heterocycles. The first kappa shape index (κ1) is 20.5. The van der Waals surface area contributed by atoms with E-state index in [1.165, 1.54) is 0 Å². The Hall–Kier alpha value is -3.79. The van der Waals surface area contributed by atoms with Crippen molar-refractivity contribution in [1.82, 2.24) is 19.2 Å². The first-order valence-corrected chi connectivity index (χ1v) is 9.95. The van der Waals surface area contributed by atoms with E-state index in [0.29, 0.717) is 22.4 Å². The van der Waals surface area contributed by atoms with Crippen LogP contribution in [0.2, 0.25) is 0 Å². The van der Waals surface area contributed by atoms with Crippen LogP contribution < -0.4 is 16.8 Å². The van der Waals surface area contributed by atoms with Gasteiger partial charge in [0.15, 0.2) is 0 Å². The molecule has 0 aliphatic carbocycles. The van der Waals surface area contributed by atoms with Gasteiger partial charge in [-0.2, -0.15) is 9.78 Å². The lowest BCUT2D eigenvalue weighted by Gasteiger charge is -2.11. The molecule has 0 bridgehead atoms. The fraction of sp³-hybridized carbons (Fsp3) is 0.0952. The molecule has 0 amide bonds. The van der Waals surface area contributed by atoms with Crippen LogP contribution in [0, 0.1) is 13.8 Å². The summed E-state index contributed by atoms with van der Waals surface area (Å²) in [4.78, 5) is 44.0. The molecule has 156 valence electrons. The average molecular weight is 482 g/mol. The molecule has 0 fully saturated rings. The van der Waals surface area contributed by atoms with E-state index in [-0.39, 0.29) is 5.56 Å². The number of aromatic amines is 1. The first-order valence-electron chi connectivity index (χ1n) is 9.15. The van der Waals surface area contributed by atoms with E-state index >= 15 is 0 Å². The normalized spacial score (nSPS) is 11.5. The second kappa shape index (κ2) is 7.80. The van der Waals surface area contributed by atoms with Crippen LogP contribution in [0.4, 0.5) is 0 Å². The number of fused-ring (bicyclic) bond motifs is 1. The molecule has 2 aromatic carbocycles. The third-order valence-corrected chi connectivity index (χ3v) is 5.63. The molecular weight excluding hydrogens is 466 g/mol. The molecular formula is C21H16BrN5O4. The number of nitrogens with one attached hydrogen (secondary N) is 1. The third kappa shape index (κ3) is 3.61. The Bertz CT molecular complexity index is 1550. The monoisotopic (exact) mass is 481 g/mol. The minimum Gasteiger partial charge on any atom is -0.493 e. The topological polar surface area (TPSA) is 122 Å². The number of aromatic hydroxyl groups is 1. The highest BCUT2D eigenvalue weighted by atomic mass is 79.9. The van der Waals surface area contributed by atoms with Crippen molar-refractivity contribution in [3.8, 4) is 11.6 Å². The van der Waals surface area contributed by atoms with E-state index < -0.39 is 22.7 Å². The highest BCUT2D eigenvalue weighted by Crippen LogP contribution is 2.21. The Labute approximate surface area is 183 Å². The molecule has 0 aliphatic heterocycles. The van der Waals surface area contributed by atoms with E-state index in [0.717, 1.165) is 25.5 Å². The number of aromatic nitrogens is 4. The minimum absolute atomic E-state index is 0.278. The molecule has 31 heavy (non-hydrogen) atoms. The summed E-state index contributed by atoms with van der Waals surface area (Å²) in [7, 11) is 0. The van der Waals surface area contributed by atoms with Gasteiger partial charge in [0, 0.05) is 4.47 Å². The van der Waals surface area contributed by atoms with Gasteiger partial charge in [-0.25, -0.2) is 14.3 Å². The number of para-hydroxylation sites is 1. The summed E-state index contributed by atoms with van der Waals surface area (Å²) in [6.45, 7) is 3.42. The number of halogens is 1. The molecule has 2 aromatic heterocycles. The highest BCUT2D eigenvalue weighted by Gasteiger charge is 2.15. The van der Waals surface area contributed by atoms with Gasteiger partial charge in [-0.1, -0.05) is 28.1 Å². The predicted molar refractivity (Wildman–Crippen MR) is 120 cm³/mol. The molecule has 0 atom stereocenters. The molecule has 0 radical (unpaired) electrons. The number of aryl methyl sites for hydroxylation is 2. The summed E-state index contributed by atoms with van der Waals surface area (Å²) in [6.07, 6.45) is 1.03. The summed E-state index contributed by atoms with van der Waals surface area (Å²) >= 11 is 3.38. The zero-order valence-corrected chi connectivity index (χ0v) is 18.0. The van der Waals surface area contributed by atoms with Crippen LogP contribution in [0.3, 0.4) is 0 Å². The summed E-state index contributed by atoms with van der Waals surface area (Å²) < 4.78 is 2.81. The highest BCUT2D eigenvalue weighted by molar-refractivity contribution is 9.10. The van der Waals surface area contributed by atoms with E-state index in [9.17, 15) is 19.5 Å². The van der Waals surface area contributed by atoms with Crippen molar-refractivity contribution in [2.24, 2.45) is 5.10 Å². The molecule has 0 aliphatic rings. The SMILES string of the molecule is Cc1cc(-n2c(O)c(C=Nn3c(C)nc4ccccc4c3=O)c(=O)[nH]c2=O)ccc1Br. The van der Waals surface area contributed by atoms with Gasteiger partial charge in [0.25, 0.3) is 11.1 Å². The average Bonchev–Trinajstić information content (AvgIpc) is 2.72. The molecule has 2 N–H and O–H groups in total. The van der Waals surface area contributed by atoms with Gasteiger partial charge in [0.2, 0.25) is 5.88 Å². The van der Waals surface area contributed by atoms with Gasteiger partial charge in [-0.05, 0) is 49.7 Å². The summed E-state index contributed by atoms with van der Waals surface area (Å²) in [5.41, 5.74) is -0.634. The third-order valence-electron chi connectivity index (χ3n) is 4.74. The number of H-pyrrole nitrogens is 1. The van der Waals surface area contributed by atoms with Crippen LogP contribution in [0.5, 0.6) is 5.88 Å². The Morgan fingerprint density at radius 1 is 1.13 bits per heavy atom. The lowest BCUT2D eigenvalue weighted by molar-refractivity contribution is 0.430. The van der Waals surface area contributed by atoms with Crippen molar-refractivity contribution in [3.05, 3.63) is 95.1 Å². The number of hydrogen-bond acceptors (Lipinski definition) is 6. The zero-order valence-electron chi connectivity index (χ0n) is 16.5. The number of rotatable bonds is 3. The van der Waals surface area contributed by atoms with Crippen LogP contribution in [0.15, 0.2) is 66.4 Å². The van der Waals surface area contributed by atoms with Crippen LogP contribution in [0.1, 0.15) is 17.0 Å². The van der Waals surface area contributed by atoms with Crippen molar-refractivity contribution >= 4 is 33.0 Å². The largest absolute Gasteiger partial charge is 0.493 e. The maximum atomic E-state index is 12.8. The summed E-state index contributed by atoms with van der Waals surface area (Å²) in [5, 5.41) is 15.1. The number of benzene rings is 2. The molecule has 0 saturated carbocycles. The Morgan fingerprint density at radius 3 is 2.61 bits per heavy atom. The van der Waals surface area contributed by atoms with E-state index in [1.54, 1.807) is 49.4 Å².